The third kappa shape index (κ3) is 4.31. The molecule has 0 aromatic heterocycles. The van der Waals surface area contributed by atoms with Crippen LogP contribution >= 0.6 is 11.6 Å². The largest absolute Gasteiger partial charge is 0.493 e. The Morgan fingerprint density at radius 3 is 2.38 bits per heavy atom. The first kappa shape index (κ1) is 18.4. The highest BCUT2D eigenvalue weighted by Crippen LogP contribution is 2.36. The molecule has 8 heteroatoms. The van der Waals surface area contributed by atoms with E-state index in [0.29, 0.717) is 17.2 Å². The lowest BCUT2D eigenvalue weighted by molar-refractivity contribution is 0.287. The number of hydrogen-bond donors (Lipinski definition) is 1. The Hall–Kier alpha value is -1.96. The van der Waals surface area contributed by atoms with Gasteiger partial charge in [0, 0.05) is 6.54 Å². The molecule has 0 aliphatic carbocycles. The van der Waals surface area contributed by atoms with Crippen LogP contribution in [0.25, 0.3) is 0 Å². The summed E-state index contributed by atoms with van der Waals surface area (Å²) in [6.07, 6.45) is 0. The summed E-state index contributed by atoms with van der Waals surface area (Å²) in [6.45, 7) is 0.196. The first-order valence-electron chi connectivity index (χ1n) is 7.07. The molecule has 24 heavy (non-hydrogen) atoms. The fourth-order valence-corrected chi connectivity index (χ4v) is 3.58. The molecular weight excluding hydrogens is 354 g/mol. The Bertz CT molecular complexity index is 795. The second-order valence-corrected chi connectivity index (χ2v) is 6.81. The van der Waals surface area contributed by atoms with Gasteiger partial charge in [-0.1, -0.05) is 29.8 Å². The lowest BCUT2D eigenvalue weighted by atomic mass is 10.3. The molecule has 0 heterocycles. The average Bonchev–Trinajstić information content (AvgIpc) is 2.58. The highest BCUT2D eigenvalue weighted by molar-refractivity contribution is 7.89. The predicted molar refractivity (Wildman–Crippen MR) is 91.7 cm³/mol. The van der Waals surface area contributed by atoms with E-state index in [1.54, 1.807) is 30.3 Å². The van der Waals surface area contributed by atoms with Crippen molar-refractivity contribution in [1.82, 2.24) is 4.72 Å². The number of nitrogens with one attached hydrogen (secondary N) is 1. The van der Waals surface area contributed by atoms with Crippen LogP contribution in [0.4, 0.5) is 0 Å². The Labute approximate surface area is 146 Å². The van der Waals surface area contributed by atoms with Gasteiger partial charge in [0.05, 0.1) is 19.2 Å². The Morgan fingerprint density at radius 1 is 1.00 bits per heavy atom. The van der Waals surface area contributed by atoms with Gasteiger partial charge in [-0.25, -0.2) is 13.1 Å². The Morgan fingerprint density at radius 2 is 1.71 bits per heavy atom. The SMILES string of the molecule is COc1cccc(OCCNS(=O)(=O)c2ccccc2Cl)c1OC. The fraction of sp³-hybridized carbons (Fsp3) is 0.250. The molecule has 2 aromatic rings. The van der Waals surface area contributed by atoms with E-state index in [0.717, 1.165) is 0 Å². The fourth-order valence-electron chi connectivity index (χ4n) is 2.05. The van der Waals surface area contributed by atoms with Crippen LogP contribution in [0.15, 0.2) is 47.4 Å². The molecule has 0 bridgehead atoms. The molecule has 2 rings (SSSR count). The van der Waals surface area contributed by atoms with E-state index < -0.39 is 10.0 Å². The maximum Gasteiger partial charge on any atom is 0.242 e. The van der Waals surface area contributed by atoms with Crippen molar-refractivity contribution in [2.24, 2.45) is 0 Å². The van der Waals surface area contributed by atoms with Gasteiger partial charge in [-0.05, 0) is 24.3 Å². The highest BCUT2D eigenvalue weighted by Gasteiger charge is 2.17. The molecule has 0 aliphatic rings. The molecule has 0 fully saturated rings. The maximum atomic E-state index is 12.2. The minimum absolute atomic E-state index is 0.0330. The van der Waals surface area contributed by atoms with Crippen molar-refractivity contribution >= 4 is 21.6 Å². The molecule has 130 valence electrons. The van der Waals surface area contributed by atoms with Gasteiger partial charge in [-0.3, -0.25) is 0 Å². The van der Waals surface area contributed by atoms with Gasteiger partial charge >= 0.3 is 0 Å². The van der Waals surface area contributed by atoms with E-state index in [1.807, 2.05) is 0 Å². The summed E-state index contributed by atoms with van der Waals surface area (Å²) in [4.78, 5) is 0.0330. The molecule has 0 atom stereocenters. The maximum absolute atomic E-state index is 12.2. The van der Waals surface area contributed by atoms with Crippen molar-refractivity contribution in [3.8, 4) is 17.2 Å². The van der Waals surface area contributed by atoms with Crippen molar-refractivity contribution in [3.05, 3.63) is 47.5 Å². The minimum atomic E-state index is -3.69. The van der Waals surface area contributed by atoms with Crippen LogP contribution in [0, 0.1) is 0 Å². The normalized spacial score (nSPS) is 11.1. The van der Waals surface area contributed by atoms with E-state index in [9.17, 15) is 8.42 Å². The van der Waals surface area contributed by atoms with Gasteiger partial charge < -0.3 is 14.2 Å². The summed E-state index contributed by atoms with van der Waals surface area (Å²) in [6, 6.07) is 11.4. The number of benzene rings is 2. The van der Waals surface area contributed by atoms with Crippen LogP contribution in [0.5, 0.6) is 17.2 Å². The molecule has 6 nitrogen and oxygen atoms in total. The van der Waals surface area contributed by atoms with E-state index in [-0.39, 0.29) is 23.1 Å². The van der Waals surface area contributed by atoms with Crippen LogP contribution < -0.4 is 18.9 Å². The molecule has 0 saturated heterocycles. The van der Waals surface area contributed by atoms with Crippen molar-refractivity contribution in [2.75, 3.05) is 27.4 Å². The number of halogens is 1. The van der Waals surface area contributed by atoms with Crippen molar-refractivity contribution in [3.63, 3.8) is 0 Å². The Kier molecular flexibility index (Phi) is 6.30. The van der Waals surface area contributed by atoms with Gasteiger partial charge in [0.1, 0.15) is 11.5 Å². The molecule has 0 amide bonds. The predicted octanol–water partition coefficient (Wildman–Crippen LogP) is 2.71. The van der Waals surface area contributed by atoms with Crippen molar-refractivity contribution in [1.29, 1.82) is 0 Å². The topological polar surface area (TPSA) is 73.9 Å². The number of hydrogen-bond acceptors (Lipinski definition) is 5. The summed E-state index contributed by atoms with van der Waals surface area (Å²) >= 11 is 5.91. The number of para-hydroxylation sites is 1. The molecule has 0 unspecified atom stereocenters. The van der Waals surface area contributed by atoms with Crippen molar-refractivity contribution < 1.29 is 22.6 Å². The molecule has 0 aliphatic heterocycles. The van der Waals surface area contributed by atoms with E-state index >= 15 is 0 Å². The van der Waals surface area contributed by atoms with Gasteiger partial charge in [0.25, 0.3) is 0 Å². The molecule has 0 saturated carbocycles. The van der Waals surface area contributed by atoms with Crippen LogP contribution in [-0.4, -0.2) is 35.8 Å². The molecule has 1 N–H and O–H groups in total. The summed E-state index contributed by atoms with van der Waals surface area (Å²) in [7, 11) is -0.660. The first-order valence-corrected chi connectivity index (χ1v) is 8.93. The van der Waals surface area contributed by atoms with Crippen LogP contribution in [-0.2, 0) is 10.0 Å². The van der Waals surface area contributed by atoms with Gasteiger partial charge in [-0.2, -0.15) is 0 Å². The van der Waals surface area contributed by atoms with E-state index in [4.69, 9.17) is 25.8 Å². The monoisotopic (exact) mass is 371 g/mol. The number of sulfonamides is 1. The highest BCUT2D eigenvalue weighted by atomic mass is 35.5. The Balaban J connectivity index is 1.97. The first-order chi connectivity index (χ1) is 11.5. The number of methoxy groups -OCH3 is 2. The van der Waals surface area contributed by atoms with Gasteiger partial charge in [0.15, 0.2) is 11.5 Å². The zero-order valence-corrected chi connectivity index (χ0v) is 14.9. The zero-order valence-electron chi connectivity index (χ0n) is 13.3. The van der Waals surface area contributed by atoms with Crippen molar-refractivity contribution in [2.45, 2.75) is 4.90 Å². The van der Waals surface area contributed by atoms with E-state index in [2.05, 4.69) is 4.72 Å². The smallest absolute Gasteiger partial charge is 0.242 e. The summed E-state index contributed by atoms with van der Waals surface area (Å²) in [5, 5.41) is 0.167. The molecule has 0 radical (unpaired) electrons. The lowest BCUT2D eigenvalue weighted by Gasteiger charge is -2.14. The number of rotatable bonds is 8. The van der Waals surface area contributed by atoms with Crippen LogP contribution in [0.1, 0.15) is 0 Å². The summed E-state index contributed by atoms with van der Waals surface area (Å²) in [5.74, 6) is 1.45. The minimum Gasteiger partial charge on any atom is -0.493 e. The second-order valence-electron chi connectivity index (χ2n) is 4.67. The summed E-state index contributed by atoms with van der Waals surface area (Å²) in [5.41, 5.74) is 0. The second kappa shape index (κ2) is 8.23. The molecule has 2 aromatic carbocycles. The molecule has 0 spiro atoms. The summed E-state index contributed by atoms with van der Waals surface area (Å²) < 4.78 is 42.8. The average molecular weight is 372 g/mol. The lowest BCUT2D eigenvalue weighted by Crippen LogP contribution is -2.28. The van der Waals surface area contributed by atoms with Gasteiger partial charge in [0.2, 0.25) is 15.8 Å². The van der Waals surface area contributed by atoms with Gasteiger partial charge in [-0.15, -0.1) is 0 Å². The van der Waals surface area contributed by atoms with E-state index in [1.165, 1.54) is 26.4 Å². The standard InChI is InChI=1S/C16H18ClNO5S/c1-21-13-7-5-8-14(16(13)22-2)23-11-10-18-24(19,20)15-9-4-3-6-12(15)17/h3-9,18H,10-11H2,1-2H3. The van der Waals surface area contributed by atoms with Crippen LogP contribution in [0.3, 0.4) is 0 Å². The van der Waals surface area contributed by atoms with Crippen LogP contribution in [0.2, 0.25) is 5.02 Å². The third-order valence-corrected chi connectivity index (χ3v) is 5.11. The third-order valence-electron chi connectivity index (χ3n) is 3.14. The molecular formula is C16H18ClNO5S. The number of ether oxygens (including phenoxy) is 3. The quantitative estimate of drug-likeness (QED) is 0.722. The zero-order chi connectivity index (χ0) is 17.6.